The second kappa shape index (κ2) is 5.96. The molecule has 0 radical (unpaired) electrons. The molecule has 0 spiro atoms. The number of sulfonamides is 1. The molecule has 2 atom stereocenters. The Balaban J connectivity index is 1.74. The maximum Gasteiger partial charge on any atom is 0.228 e. The number of fused-ring (bicyclic) bond motifs is 4. The van der Waals surface area contributed by atoms with Crippen molar-refractivity contribution in [2.75, 3.05) is 25.9 Å². The third kappa shape index (κ3) is 3.30. The van der Waals surface area contributed by atoms with E-state index in [4.69, 9.17) is 0 Å². The van der Waals surface area contributed by atoms with E-state index in [2.05, 4.69) is 4.98 Å². The van der Waals surface area contributed by atoms with Gasteiger partial charge >= 0.3 is 0 Å². The fourth-order valence-corrected chi connectivity index (χ4v) is 4.30. The molecule has 3 aliphatic heterocycles. The first-order valence-corrected chi connectivity index (χ1v) is 9.43. The summed E-state index contributed by atoms with van der Waals surface area (Å²) in [5, 5.41) is 0. The van der Waals surface area contributed by atoms with E-state index in [0.717, 1.165) is 18.5 Å². The van der Waals surface area contributed by atoms with E-state index >= 15 is 0 Å². The van der Waals surface area contributed by atoms with Crippen molar-refractivity contribution in [3.05, 3.63) is 30.1 Å². The minimum absolute atomic E-state index is 0.00955. The lowest BCUT2D eigenvalue weighted by molar-refractivity contribution is -0.134. The average molecular weight is 323 g/mol. The Kier molecular flexibility index (Phi) is 4.18. The number of hydrogen-bond acceptors (Lipinski definition) is 4. The number of hydrogen-bond donors (Lipinski definition) is 0. The first-order valence-electron chi connectivity index (χ1n) is 7.58. The SMILES string of the molecule is CS(=O)(=O)N1C[C@@H]2CC[C@H](C1)N(C(=O)Cc1ccccn1)C2. The molecule has 2 bridgehead atoms. The number of rotatable bonds is 3. The molecule has 4 rings (SSSR count). The summed E-state index contributed by atoms with van der Waals surface area (Å²) < 4.78 is 25.2. The van der Waals surface area contributed by atoms with Crippen LogP contribution in [0.5, 0.6) is 0 Å². The van der Waals surface area contributed by atoms with Gasteiger partial charge in [-0.1, -0.05) is 6.07 Å². The normalized spacial score (nSPS) is 26.0. The highest BCUT2D eigenvalue weighted by atomic mass is 32.2. The highest BCUT2D eigenvalue weighted by molar-refractivity contribution is 7.88. The lowest BCUT2D eigenvalue weighted by Gasteiger charge is -2.36. The molecule has 120 valence electrons. The highest BCUT2D eigenvalue weighted by Crippen LogP contribution is 2.29. The molecule has 0 aliphatic carbocycles. The molecular formula is C15H21N3O3S. The predicted molar refractivity (Wildman–Crippen MR) is 82.6 cm³/mol. The zero-order valence-corrected chi connectivity index (χ0v) is 13.5. The molecule has 1 aromatic heterocycles. The predicted octanol–water partition coefficient (Wildman–Crippen LogP) is 0.507. The van der Waals surface area contributed by atoms with E-state index in [1.165, 1.54) is 10.6 Å². The van der Waals surface area contributed by atoms with Gasteiger partial charge in [0.05, 0.1) is 12.7 Å². The van der Waals surface area contributed by atoms with Gasteiger partial charge in [-0.2, -0.15) is 4.31 Å². The number of amides is 1. The Morgan fingerprint density at radius 2 is 2.09 bits per heavy atom. The Labute approximate surface area is 131 Å². The first-order chi connectivity index (χ1) is 10.4. The van der Waals surface area contributed by atoms with E-state index < -0.39 is 10.0 Å². The molecule has 6 nitrogen and oxygen atoms in total. The summed E-state index contributed by atoms with van der Waals surface area (Å²) in [4.78, 5) is 18.7. The molecule has 3 saturated heterocycles. The van der Waals surface area contributed by atoms with Crippen LogP contribution in [-0.2, 0) is 21.2 Å². The molecule has 1 amide bonds. The van der Waals surface area contributed by atoms with Gasteiger partial charge in [0, 0.05) is 37.6 Å². The van der Waals surface area contributed by atoms with E-state index in [0.29, 0.717) is 19.6 Å². The zero-order chi connectivity index (χ0) is 15.7. The van der Waals surface area contributed by atoms with Crippen molar-refractivity contribution in [3.63, 3.8) is 0 Å². The molecule has 4 heterocycles. The average Bonchev–Trinajstić information content (AvgIpc) is 2.80. The van der Waals surface area contributed by atoms with Crippen LogP contribution in [0, 0.1) is 5.92 Å². The third-order valence-corrected chi connectivity index (χ3v) is 5.76. The van der Waals surface area contributed by atoms with Crippen LogP contribution >= 0.6 is 0 Å². The summed E-state index contributed by atoms with van der Waals surface area (Å²) in [6.07, 6.45) is 5.08. The topological polar surface area (TPSA) is 70.6 Å². The minimum atomic E-state index is -3.20. The third-order valence-electron chi connectivity index (χ3n) is 4.53. The Hall–Kier alpha value is -1.47. The van der Waals surface area contributed by atoms with Crippen LogP contribution in [0.1, 0.15) is 18.5 Å². The molecule has 1 aromatic rings. The molecule has 0 unspecified atom stereocenters. The van der Waals surface area contributed by atoms with Crippen LogP contribution in [-0.4, -0.2) is 60.4 Å². The number of carbonyl (C=O) groups excluding carboxylic acids is 1. The Bertz CT molecular complexity index is 647. The number of nitrogens with zero attached hydrogens (tertiary/aromatic N) is 3. The fourth-order valence-electron chi connectivity index (χ4n) is 3.37. The lowest BCUT2D eigenvalue weighted by Crippen LogP contribution is -2.48. The number of carbonyl (C=O) groups is 1. The van der Waals surface area contributed by atoms with Crippen LogP contribution in [0.3, 0.4) is 0 Å². The Morgan fingerprint density at radius 1 is 1.27 bits per heavy atom. The summed E-state index contributed by atoms with van der Waals surface area (Å²) >= 11 is 0. The molecule has 22 heavy (non-hydrogen) atoms. The fraction of sp³-hybridized carbons (Fsp3) is 0.600. The maximum atomic E-state index is 12.6. The molecule has 0 aromatic carbocycles. The summed E-state index contributed by atoms with van der Waals surface area (Å²) in [5.41, 5.74) is 0.757. The van der Waals surface area contributed by atoms with Crippen molar-refractivity contribution >= 4 is 15.9 Å². The van der Waals surface area contributed by atoms with Gasteiger partial charge in [0.2, 0.25) is 15.9 Å². The summed E-state index contributed by atoms with van der Waals surface area (Å²) in [7, 11) is -3.20. The quantitative estimate of drug-likeness (QED) is 0.812. The minimum Gasteiger partial charge on any atom is -0.338 e. The van der Waals surface area contributed by atoms with E-state index in [1.807, 2.05) is 23.1 Å². The van der Waals surface area contributed by atoms with E-state index in [9.17, 15) is 13.2 Å². The van der Waals surface area contributed by atoms with Crippen molar-refractivity contribution in [1.29, 1.82) is 0 Å². The van der Waals surface area contributed by atoms with Gasteiger partial charge in [-0.15, -0.1) is 0 Å². The summed E-state index contributed by atoms with van der Waals surface area (Å²) in [6.45, 7) is 1.61. The van der Waals surface area contributed by atoms with Crippen molar-refractivity contribution in [1.82, 2.24) is 14.2 Å². The second-order valence-electron chi connectivity index (χ2n) is 6.22. The van der Waals surface area contributed by atoms with Crippen molar-refractivity contribution < 1.29 is 13.2 Å². The zero-order valence-electron chi connectivity index (χ0n) is 12.7. The van der Waals surface area contributed by atoms with Gasteiger partial charge in [0.25, 0.3) is 0 Å². The van der Waals surface area contributed by atoms with Gasteiger partial charge in [0.1, 0.15) is 0 Å². The lowest BCUT2D eigenvalue weighted by atomic mass is 9.94. The van der Waals surface area contributed by atoms with Crippen LogP contribution in [0.4, 0.5) is 0 Å². The van der Waals surface area contributed by atoms with Crippen LogP contribution < -0.4 is 0 Å². The molecule has 7 heteroatoms. The Morgan fingerprint density at radius 3 is 2.77 bits per heavy atom. The summed E-state index contributed by atoms with van der Waals surface area (Å²) in [6, 6.07) is 5.53. The maximum absolute atomic E-state index is 12.6. The van der Waals surface area contributed by atoms with E-state index in [-0.39, 0.29) is 24.3 Å². The summed E-state index contributed by atoms with van der Waals surface area (Å²) in [5.74, 6) is 0.282. The largest absolute Gasteiger partial charge is 0.338 e. The van der Waals surface area contributed by atoms with Gasteiger partial charge < -0.3 is 4.90 Å². The smallest absolute Gasteiger partial charge is 0.228 e. The van der Waals surface area contributed by atoms with Crippen molar-refractivity contribution in [2.24, 2.45) is 5.92 Å². The van der Waals surface area contributed by atoms with Crippen molar-refractivity contribution in [2.45, 2.75) is 25.3 Å². The molecule has 0 N–H and O–H groups in total. The second-order valence-corrected chi connectivity index (χ2v) is 8.20. The first kappa shape index (κ1) is 15.4. The monoisotopic (exact) mass is 323 g/mol. The number of aromatic nitrogens is 1. The highest BCUT2D eigenvalue weighted by Gasteiger charge is 2.39. The number of piperidine rings is 1. The van der Waals surface area contributed by atoms with Gasteiger partial charge in [0.15, 0.2) is 0 Å². The number of pyridine rings is 1. The van der Waals surface area contributed by atoms with E-state index in [1.54, 1.807) is 6.20 Å². The molecule has 0 saturated carbocycles. The van der Waals surface area contributed by atoms with Gasteiger partial charge in [-0.3, -0.25) is 9.78 Å². The molecular weight excluding hydrogens is 302 g/mol. The van der Waals surface area contributed by atoms with Gasteiger partial charge in [-0.25, -0.2) is 8.42 Å². The van der Waals surface area contributed by atoms with Crippen molar-refractivity contribution in [3.8, 4) is 0 Å². The molecule has 3 aliphatic rings. The van der Waals surface area contributed by atoms with Gasteiger partial charge in [-0.05, 0) is 30.9 Å². The standard InChI is InChI=1S/C15H21N3O3S/c1-22(20,21)17-9-12-5-6-14(11-17)18(10-12)15(19)8-13-4-2-3-7-16-13/h2-4,7,12,14H,5-6,8-11H2,1H3/t12-,14+/m0/s1. The van der Waals surface area contributed by atoms with Crippen LogP contribution in [0.25, 0.3) is 0 Å². The molecule has 3 fully saturated rings. The van der Waals surface area contributed by atoms with Crippen LogP contribution in [0.15, 0.2) is 24.4 Å². The van der Waals surface area contributed by atoms with Crippen LogP contribution in [0.2, 0.25) is 0 Å².